The van der Waals surface area contributed by atoms with Gasteiger partial charge in [0.2, 0.25) is 10.0 Å². The molecule has 0 bridgehead atoms. The number of nitrogens with zero attached hydrogens (tertiary/aromatic N) is 1. The monoisotopic (exact) mass is 468 g/mol. The Morgan fingerprint density at radius 3 is 2.29 bits per heavy atom. The minimum Gasteiger partial charge on any atom is -0.481 e. The largest absolute Gasteiger partial charge is 0.481 e. The Morgan fingerprint density at radius 1 is 1.13 bits per heavy atom. The van der Waals surface area contributed by atoms with E-state index in [1.165, 1.54) is 19.2 Å². The van der Waals surface area contributed by atoms with Gasteiger partial charge in [-0.05, 0) is 55.8 Å². The zero-order valence-corrected chi connectivity index (χ0v) is 19.3. The van der Waals surface area contributed by atoms with E-state index in [-0.39, 0.29) is 23.1 Å². The van der Waals surface area contributed by atoms with E-state index in [1.54, 1.807) is 44.2 Å². The molecular formula is C21H25ClN2O6S. The number of anilines is 2. The molecule has 0 aliphatic rings. The van der Waals surface area contributed by atoms with Gasteiger partial charge in [-0.2, -0.15) is 0 Å². The van der Waals surface area contributed by atoms with Gasteiger partial charge in [0.15, 0.2) is 6.10 Å². The third-order valence-corrected chi connectivity index (χ3v) is 5.89. The molecule has 0 fully saturated rings. The van der Waals surface area contributed by atoms with Crippen LogP contribution in [-0.2, 0) is 19.6 Å². The molecule has 0 spiro atoms. The molecule has 10 heteroatoms. The van der Waals surface area contributed by atoms with Crippen LogP contribution in [0.25, 0.3) is 0 Å². The summed E-state index contributed by atoms with van der Waals surface area (Å²) in [4.78, 5) is 24.5. The molecule has 0 saturated heterocycles. The molecule has 0 unspecified atom stereocenters. The Bertz CT molecular complexity index is 1040. The first-order valence-corrected chi connectivity index (χ1v) is 11.8. The van der Waals surface area contributed by atoms with Crippen LogP contribution in [0.1, 0.15) is 30.6 Å². The van der Waals surface area contributed by atoms with Crippen LogP contribution in [-0.4, -0.2) is 46.3 Å². The van der Waals surface area contributed by atoms with Crippen molar-refractivity contribution in [2.75, 3.05) is 29.5 Å². The smallest absolute Gasteiger partial charge is 0.339 e. The lowest BCUT2D eigenvalue weighted by molar-refractivity contribution is -0.122. The molecule has 8 nitrogen and oxygen atoms in total. The van der Waals surface area contributed by atoms with Gasteiger partial charge in [0.1, 0.15) is 5.75 Å². The predicted molar refractivity (Wildman–Crippen MR) is 120 cm³/mol. The number of nitrogens with one attached hydrogen (secondary N) is 1. The van der Waals surface area contributed by atoms with Crippen molar-refractivity contribution in [1.29, 1.82) is 0 Å². The summed E-state index contributed by atoms with van der Waals surface area (Å²) >= 11 is 6.13. The molecule has 0 aliphatic heterocycles. The first kappa shape index (κ1) is 24.5. The van der Waals surface area contributed by atoms with Crippen LogP contribution in [0.2, 0.25) is 5.02 Å². The molecule has 31 heavy (non-hydrogen) atoms. The number of ether oxygens (including phenoxy) is 2. The highest BCUT2D eigenvalue weighted by Crippen LogP contribution is 2.24. The van der Waals surface area contributed by atoms with Gasteiger partial charge in [-0.15, -0.1) is 0 Å². The van der Waals surface area contributed by atoms with Crippen molar-refractivity contribution in [3.63, 3.8) is 0 Å². The number of carbonyl (C=O) groups excluding carboxylic acids is 2. The van der Waals surface area contributed by atoms with Gasteiger partial charge in [-0.3, -0.25) is 9.10 Å². The number of benzene rings is 2. The van der Waals surface area contributed by atoms with E-state index in [0.717, 1.165) is 10.6 Å². The highest BCUT2D eigenvalue weighted by molar-refractivity contribution is 7.92. The van der Waals surface area contributed by atoms with Crippen molar-refractivity contribution in [3.8, 4) is 5.75 Å². The predicted octanol–water partition coefficient (Wildman–Crippen LogP) is 3.71. The fourth-order valence-electron chi connectivity index (χ4n) is 2.60. The second-order valence-electron chi connectivity index (χ2n) is 6.64. The average molecular weight is 469 g/mol. The van der Waals surface area contributed by atoms with E-state index >= 15 is 0 Å². The molecule has 1 N–H and O–H groups in total. The second-order valence-corrected chi connectivity index (χ2v) is 9.06. The quantitative estimate of drug-likeness (QED) is 0.563. The first-order valence-electron chi connectivity index (χ1n) is 9.55. The van der Waals surface area contributed by atoms with Crippen molar-refractivity contribution >= 4 is 44.9 Å². The van der Waals surface area contributed by atoms with E-state index in [2.05, 4.69) is 5.32 Å². The summed E-state index contributed by atoms with van der Waals surface area (Å²) in [5.41, 5.74) is 1.10. The highest BCUT2D eigenvalue weighted by atomic mass is 35.5. The van der Waals surface area contributed by atoms with Gasteiger partial charge >= 0.3 is 5.97 Å². The number of hydrogen-bond donors (Lipinski definition) is 1. The van der Waals surface area contributed by atoms with Crippen LogP contribution >= 0.6 is 11.6 Å². The van der Waals surface area contributed by atoms with Crippen LogP contribution in [0, 0.1) is 0 Å². The lowest BCUT2D eigenvalue weighted by Crippen LogP contribution is -2.32. The maximum absolute atomic E-state index is 12.6. The van der Waals surface area contributed by atoms with Gasteiger partial charge < -0.3 is 14.8 Å². The summed E-state index contributed by atoms with van der Waals surface area (Å²) in [5, 5.41) is 2.88. The third-order valence-electron chi connectivity index (χ3n) is 4.37. The van der Waals surface area contributed by atoms with Crippen LogP contribution in [0.5, 0.6) is 5.75 Å². The van der Waals surface area contributed by atoms with Crippen LogP contribution in [0.15, 0.2) is 42.5 Å². The van der Waals surface area contributed by atoms with Crippen molar-refractivity contribution in [2.24, 2.45) is 0 Å². The Hall–Kier alpha value is -2.78. The number of amides is 1. The van der Waals surface area contributed by atoms with E-state index in [4.69, 9.17) is 21.1 Å². The molecular weight excluding hydrogens is 444 g/mol. The van der Waals surface area contributed by atoms with Crippen LogP contribution < -0.4 is 14.4 Å². The number of esters is 1. The van der Waals surface area contributed by atoms with Gasteiger partial charge in [-0.25, -0.2) is 13.2 Å². The molecule has 0 radical (unpaired) electrons. The molecule has 0 aromatic heterocycles. The third kappa shape index (κ3) is 6.60. The molecule has 1 atom stereocenters. The Kier molecular flexibility index (Phi) is 8.29. The van der Waals surface area contributed by atoms with Crippen LogP contribution in [0.4, 0.5) is 11.4 Å². The van der Waals surface area contributed by atoms with E-state index in [0.29, 0.717) is 23.5 Å². The second kappa shape index (κ2) is 10.5. The van der Waals surface area contributed by atoms with Crippen molar-refractivity contribution < 1.29 is 27.5 Å². The maximum Gasteiger partial charge on any atom is 0.339 e. The normalized spacial score (nSPS) is 12.0. The average Bonchev–Trinajstić information content (AvgIpc) is 2.71. The zero-order valence-electron chi connectivity index (χ0n) is 17.7. The fourth-order valence-corrected chi connectivity index (χ4v) is 3.36. The Morgan fingerprint density at radius 2 is 1.77 bits per heavy atom. The SMILES string of the molecule is CCOC(=O)c1ccc(NC(=O)[C@@H](CC)Oc2ccc(N(C)S(C)(=O)=O)cc2)cc1Cl. The molecule has 2 aromatic carbocycles. The summed E-state index contributed by atoms with van der Waals surface area (Å²) in [5.74, 6) is -0.506. The summed E-state index contributed by atoms with van der Waals surface area (Å²) in [6.45, 7) is 3.73. The minimum absolute atomic E-state index is 0.163. The van der Waals surface area contributed by atoms with Gasteiger partial charge in [0.05, 0.1) is 29.1 Å². The highest BCUT2D eigenvalue weighted by Gasteiger charge is 2.20. The van der Waals surface area contributed by atoms with E-state index in [9.17, 15) is 18.0 Å². The number of rotatable bonds is 9. The Labute approximate surface area is 187 Å². The molecule has 0 aliphatic carbocycles. The van der Waals surface area contributed by atoms with E-state index < -0.39 is 22.1 Å². The van der Waals surface area contributed by atoms with Crippen molar-refractivity contribution in [2.45, 2.75) is 26.4 Å². The number of hydrogen-bond acceptors (Lipinski definition) is 6. The number of carbonyl (C=O) groups is 2. The molecule has 2 aromatic rings. The van der Waals surface area contributed by atoms with Gasteiger partial charge in [-0.1, -0.05) is 18.5 Å². The van der Waals surface area contributed by atoms with Crippen molar-refractivity contribution in [3.05, 3.63) is 53.1 Å². The molecule has 1 amide bonds. The summed E-state index contributed by atoms with van der Waals surface area (Å²) < 4.78 is 35.1. The lowest BCUT2D eigenvalue weighted by atomic mass is 10.2. The first-order chi connectivity index (χ1) is 14.6. The van der Waals surface area contributed by atoms with Gasteiger partial charge in [0.25, 0.3) is 5.91 Å². The number of halogens is 1. The minimum atomic E-state index is -3.37. The Balaban J connectivity index is 2.07. The molecule has 2 rings (SSSR count). The van der Waals surface area contributed by atoms with Crippen molar-refractivity contribution in [1.82, 2.24) is 0 Å². The fraction of sp³-hybridized carbons (Fsp3) is 0.333. The lowest BCUT2D eigenvalue weighted by Gasteiger charge is -2.19. The summed E-state index contributed by atoms with van der Waals surface area (Å²) in [6.07, 6.45) is 0.716. The number of sulfonamides is 1. The topological polar surface area (TPSA) is 102 Å². The summed E-state index contributed by atoms with van der Waals surface area (Å²) in [7, 11) is -1.92. The standard InChI is InChI=1S/C21H25ClN2O6S/c1-5-19(30-16-10-8-15(9-11-16)24(3)31(4,27)28)20(25)23-14-7-12-17(18(22)13-14)21(26)29-6-2/h7-13,19H,5-6H2,1-4H3,(H,23,25)/t19-/m1/s1. The zero-order chi connectivity index (χ0) is 23.2. The summed E-state index contributed by atoms with van der Waals surface area (Å²) in [6, 6.07) is 10.9. The molecule has 168 valence electrons. The van der Waals surface area contributed by atoms with Crippen LogP contribution in [0.3, 0.4) is 0 Å². The maximum atomic E-state index is 12.6. The van der Waals surface area contributed by atoms with Gasteiger partial charge in [0, 0.05) is 12.7 Å². The molecule has 0 heterocycles. The van der Waals surface area contributed by atoms with E-state index in [1.807, 2.05) is 0 Å². The molecule has 0 saturated carbocycles.